The summed E-state index contributed by atoms with van der Waals surface area (Å²) in [6.45, 7) is 8.70. The topological polar surface area (TPSA) is 95.5 Å². The highest BCUT2D eigenvalue weighted by molar-refractivity contribution is 7.17. The Morgan fingerprint density at radius 3 is 2.56 bits per heavy atom. The van der Waals surface area contributed by atoms with Gasteiger partial charge in [0.25, 0.3) is 0 Å². The van der Waals surface area contributed by atoms with E-state index in [4.69, 9.17) is 4.74 Å². The minimum Gasteiger partial charge on any atom is -0.550 e. The van der Waals surface area contributed by atoms with Crippen molar-refractivity contribution in [3.8, 4) is 0 Å². The van der Waals surface area contributed by atoms with Gasteiger partial charge in [0.1, 0.15) is 5.00 Å². The van der Waals surface area contributed by atoms with Crippen LogP contribution in [0.1, 0.15) is 74.2 Å². The van der Waals surface area contributed by atoms with Gasteiger partial charge in [0.15, 0.2) is 0 Å². The van der Waals surface area contributed by atoms with Crippen LogP contribution in [0.15, 0.2) is 0 Å². The third kappa shape index (κ3) is 5.54. The van der Waals surface area contributed by atoms with E-state index in [0.29, 0.717) is 16.5 Å². The van der Waals surface area contributed by atoms with Gasteiger partial charge in [0, 0.05) is 17.3 Å². The van der Waals surface area contributed by atoms with Crippen molar-refractivity contribution in [1.82, 2.24) is 0 Å². The highest BCUT2D eigenvalue weighted by Gasteiger charge is 2.34. The van der Waals surface area contributed by atoms with Gasteiger partial charge < -0.3 is 20.0 Å². The molecule has 27 heavy (non-hydrogen) atoms. The van der Waals surface area contributed by atoms with Gasteiger partial charge in [-0.05, 0) is 55.9 Å². The van der Waals surface area contributed by atoms with Crippen LogP contribution in [0, 0.1) is 11.3 Å². The molecule has 1 aromatic rings. The lowest BCUT2D eigenvalue weighted by molar-refractivity contribution is -0.305. The number of anilines is 1. The van der Waals surface area contributed by atoms with Gasteiger partial charge in [-0.25, -0.2) is 4.79 Å². The van der Waals surface area contributed by atoms with Crippen molar-refractivity contribution in [2.24, 2.45) is 11.3 Å². The maximum absolute atomic E-state index is 12.5. The first-order valence-electron chi connectivity index (χ1n) is 9.44. The molecule has 150 valence electrons. The number of thiophene rings is 1. The summed E-state index contributed by atoms with van der Waals surface area (Å²) >= 11 is 1.44. The minimum atomic E-state index is -1.17. The fourth-order valence-corrected chi connectivity index (χ4v) is 4.75. The Bertz CT molecular complexity index is 717. The number of rotatable bonds is 7. The van der Waals surface area contributed by atoms with E-state index in [9.17, 15) is 19.5 Å². The molecule has 0 fully saturated rings. The van der Waals surface area contributed by atoms with E-state index in [-0.39, 0.29) is 37.2 Å². The van der Waals surface area contributed by atoms with Gasteiger partial charge >= 0.3 is 5.97 Å². The Kier molecular flexibility index (Phi) is 7.03. The maximum atomic E-state index is 12.5. The zero-order chi connectivity index (χ0) is 20.2. The standard InChI is InChI=1S/C20H29NO5S/c1-5-26-19(25)17-13-10-9-12(20(2,3)4)11-14(13)27-18(17)21-15(22)7-6-8-16(23)24/h12H,5-11H2,1-4H3,(H,21,22)(H,23,24)/p-1/t12-/m0/s1. The molecule has 0 radical (unpaired) electrons. The van der Waals surface area contributed by atoms with Gasteiger partial charge in [-0.3, -0.25) is 4.79 Å². The number of carboxylic acid groups (broad SMARTS) is 1. The van der Waals surface area contributed by atoms with Crippen molar-refractivity contribution in [2.45, 2.75) is 66.2 Å². The number of hydrogen-bond donors (Lipinski definition) is 1. The second-order valence-corrected chi connectivity index (χ2v) is 9.11. The molecular weight excluding hydrogens is 366 g/mol. The third-order valence-corrected chi connectivity index (χ3v) is 6.18. The molecule has 0 saturated carbocycles. The van der Waals surface area contributed by atoms with Crippen LogP contribution in [-0.2, 0) is 27.2 Å². The van der Waals surface area contributed by atoms with Crippen LogP contribution >= 0.6 is 11.3 Å². The van der Waals surface area contributed by atoms with Crippen molar-refractivity contribution in [3.63, 3.8) is 0 Å². The van der Waals surface area contributed by atoms with E-state index < -0.39 is 11.9 Å². The molecule has 1 N–H and O–H groups in total. The molecule has 0 aromatic carbocycles. The summed E-state index contributed by atoms with van der Waals surface area (Å²) in [4.78, 5) is 36.3. The van der Waals surface area contributed by atoms with E-state index >= 15 is 0 Å². The lowest BCUT2D eigenvalue weighted by Crippen LogP contribution is -2.26. The number of hydrogen-bond acceptors (Lipinski definition) is 6. The molecule has 0 saturated heterocycles. The highest BCUT2D eigenvalue weighted by atomic mass is 32.1. The molecule has 1 aliphatic carbocycles. The Morgan fingerprint density at radius 2 is 1.96 bits per heavy atom. The average molecular weight is 395 g/mol. The van der Waals surface area contributed by atoms with E-state index in [1.54, 1.807) is 6.92 Å². The third-order valence-electron chi connectivity index (χ3n) is 5.01. The van der Waals surface area contributed by atoms with Crippen molar-refractivity contribution in [3.05, 3.63) is 16.0 Å². The Morgan fingerprint density at radius 1 is 1.26 bits per heavy atom. The minimum absolute atomic E-state index is 0.0728. The lowest BCUT2D eigenvalue weighted by atomic mass is 9.72. The number of ether oxygens (including phenoxy) is 1. The Hall–Kier alpha value is -1.89. The van der Waals surface area contributed by atoms with Crippen LogP contribution in [0.5, 0.6) is 0 Å². The molecule has 1 aromatic heterocycles. The number of carboxylic acids is 1. The molecule has 1 atom stereocenters. The molecular formula is C20H28NO5S-. The van der Waals surface area contributed by atoms with Gasteiger partial charge in [0.2, 0.25) is 5.91 Å². The summed E-state index contributed by atoms with van der Waals surface area (Å²) in [5.41, 5.74) is 1.64. The summed E-state index contributed by atoms with van der Waals surface area (Å²) in [6, 6.07) is 0. The summed E-state index contributed by atoms with van der Waals surface area (Å²) in [5.74, 6) is -1.36. The number of aliphatic carboxylic acids is 1. The second-order valence-electron chi connectivity index (χ2n) is 8.01. The van der Waals surface area contributed by atoms with E-state index in [2.05, 4.69) is 26.1 Å². The summed E-state index contributed by atoms with van der Waals surface area (Å²) in [6.07, 6.45) is 2.80. The highest BCUT2D eigenvalue weighted by Crippen LogP contribution is 2.44. The van der Waals surface area contributed by atoms with Gasteiger partial charge in [0.05, 0.1) is 12.2 Å². The molecule has 0 bridgehead atoms. The van der Waals surface area contributed by atoms with Crippen LogP contribution < -0.4 is 10.4 Å². The monoisotopic (exact) mass is 394 g/mol. The quantitative estimate of drug-likeness (QED) is 0.718. The van der Waals surface area contributed by atoms with Crippen LogP contribution in [0.2, 0.25) is 0 Å². The average Bonchev–Trinajstić information content (AvgIpc) is 2.90. The SMILES string of the molecule is CCOC(=O)c1c(NC(=O)CCCC(=O)[O-])sc2c1CC[C@H](C(C)(C)C)C2. The first kappa shape index (κ1) is 21.4. The number of esters is 1. The van der Waals surface area contributed by atoms with E-state index in [1.165, 1.54) is 11.3 Å². The van der Waals surface area contributed by atoms with Gasteiger partial charge in [-0.15, -0.1) is 11.3 Å². The van der Waals surface area contributed by atoms with Crippen molar-refractivity contribution < 1.29 is 24.2 Å². The first-order chi connectivity index (χ1) is 12.6. The predicted molar refractivity (Wildman–Crippen MR) is 103 cm³/mol. The zero-order valence-corrected chi connectivity index (χ0v) is 17.3. The number of carbonyl (C=O) groups excluding carboxylic acids is 3. The first-order valence-corrected chi connectivity index (χ1v) is 10.3. The molecule has 1 amide bonds. The molecule has 0 spiro atoms. The summed E-state index contributed by atoms with van der Waals surface area (Å²) < 4.78 is 5.21. The largest absolute Gasteiger partial charge is 0.550 e. The zero-order valence-electron chi connectivity index (χ0n) is 16.5. The summed E-state index contributed by atoms with van der Waals surface area (Å²) in [7, 11) is 0. The van der Waals surface area contributed by atoms with Crippen molar-refractivity contribution in [2.75, 3.05) is 11.9 Å². The molecule has 6 nitrogen and oxygen atoms in total. The van der Waals surface area contributed by atoms with E-state index in [1.807, 2.05) is 0 Å². The molecule has 2 rings (SSSR count). The van der Waals surface area contributed by atoms with Gasteiger partial charge in [-0.1, -0.05) is 20.8 Å². The number of nitrogens with one attached hydrogen (secondary N) is 1. The van der Waals surface area contributed by atoms with Crippen LogP contribution in [0.25, 0.3) is 0 Å². The number of fused-ring (bicyclic) bond motifs is 1. The molecule has 0 unspecified atom stereocenters. The van der Waals surface area contributed by atoms with Crippen molar-refractivity contribution >= 4 is 34.2 Å². The van der Waals surface area contributed by atoms with Crippen LogP contribution in [-0.4, -0.2) is 24.5 Å². The predicted octanol–water partition coefficient (Wildman–Crippen LogP) is 2.93. The fraction of sp³-hybridized carbons (Fsp3) is 0.650. The Labute approximate surface area is 164 Å². The second kappa shape index (κ2) is 8.87. The Balaban J connectivity index is 2.23. The van der Waals surface area contributed by atoms with Gasteiger partial charge in [-0.2, -0.15) is 0 Å². The molecule has 1 aliphatic rings. The van der Waals surface area contributed by atoms with Crippen LogP contribution in [0.4, 0.5) is 5.00 Å². The number of amides is 1. The molecule has 7 heteroatoms. The van der Waals surface area contributed by atoms with Crippen LogP contribution in [0.3, 0.4) is 0 Å². The number of carbonyl (C=O) groups is 3. The fourth-order valence-electron chi connectivity index (χ4n) is 3.41. The lowest BCUT2D eigenvalue weighted by Gasteiger charge is -2.33. The van der Waals surface area contributed by atoms with E-state index in [0.717, 1.165) is 29.7 Å². The maximum Gasteiger partial charge on any atom is 0.341 e. The van der Waals surface area contributed by atoms with Crippen molar-refractivity contribution in [1.29, 1.82) is 0 Å². The molecule has 0 aliphatic heterocycles. The normalized spacial score (nSPS) is 16.5. The smallest absolute Gasteiger partial charge is 0.341 e. The molecule has 1 heterocycles. The summed E-state index contributed by atoms with van der Waals surface area (Å²) in [5, 5.41) is 13.8.